The Labute approximate surface area is 210 Å². The van der Waals surface area contributed by atoms with Gasteiger partial charge in [-0.3, -0.25) is 0 Å². The molecule has 194 valence electrons. The van der Waals surface area contributed by atoms with Crippen molar-refractivity contribution in [1.82, 2.24) is 4.98 Å². The van der Waals surface area contributed by atoms with Crippen LogP contribution in [-0.4, -0.2) is 17.6 Å². The molecule has 0 aliphatic heterocycles. The molecule has 0 saturated heterocycles. The molecule has 0 amide bonds. The summed E-state index contributed by atoms with van der Waals surface area (Å²) >= 11 is 0. The van der Waals surface area contributed by atoms with Crippen molar-refractivity contribution in [1.29, 1.82) is 0 Å². The first kappa shape index (κ1) is 26.3. The van der Waals surface area contributed by atoms with Crippen molar-refractivity contribution in [2.45, 2.75) is 45.9 Å². The predicted octanol–water partition coefficient (Wildman–Crippen LogP) is 7.54. The third kappa shape index (κ3) is 5.81. The fraction of sp³-hybridized carbons (Fsp3) is 0.286. The monoisotopic (exact) mass is 517 g/mol. The molecule has 1 aliphatic carbocycles. The standard InChI is InChI=1S/C28H24F5NO3/c1-3-36-27(35)26-16(2)7-11-24(34-26)21-6-4-5-20(21)22-13-18(28(31,32)33)9-12-25(22)37-15-17-8-10-19(29)14-23(17)30/h7-14H,3-6,15H2,1-2H3. The van der Waals surface area contributed by atoms with Gasteiger partial charge < -0.3 is 9.47 Å². The molecule has 4 nitrogen and oxygen atoms in total. The van der Waals surface area contributed by atoms with Crippen molar-refractivity contribution in [2.24, 2.45) is 0 Å². The Bertz CT molecular complexity index is 1360. The van der Waals surface area contributed by atoms with Gasteiger partial charge in [0.1, 0.15) is 24.0 Å². The number of pyridine rings is 1. The average Bonchev–Trinajstić information content (AvgIpc) is 3.33. The average molecular weight is 517 g/mol. The Morgan fingerprint density at radius 2 is 1.76 bits per heavy atom. The fourth-order valence-corrected chi connectivity index (χ4v) is 4.29. The minimum Gasteiger partial charge on any atom is -0.488 e. The molecular formula is C28H24F5NO3. The molecule has 1 aliphatic rings. The van der Waals surface area contributed by atoms with Crippen molar-refractivity contribution in [3.63, 3.8) is 0 Å². The lowest BCUT2D eigenvalue weighted by molar-refractivity contribution is -0.137. The normalized spacial score (nSPS) is 13.7. The lowest BCUT2D eigenvalue weighted by atomic mass is 9.96. The van der Waals surface area contributed by atoms with Gasteiger partial charge in [0.05, 0.1) is 17.9 Å². The second-order valence-corrected chi connectivity index (χ2v) is 8.63. The zero-order valence-electron chi connectivity index (χ0n) is 20.2. The summed E-state index contributed by atoms with van der Waals surface area (Å²) < 4.78 is 79.0. The van der Waals surface area contributed by atoms with Gasteiger partial charge in [0, 0.05) is 17.2 Å². The maximum atomic E-state index is 14.1. The van der Waals surface area contributed by atoms with Crippen LogP contribution in [0.25, 0.3) is 11.1 Å². The van der Waals surface area contributed by atoms with Gasteiger partial charge in [-0.25, -0.2) is 18.6 Å². The zero-order valence-corrected chi connectivity index (χ0v) is 20.2. The van der Waals surface area contributed by atoms with E-state index in [0.29, 0.717) is 47.7 Å². The topological polar surface area (TPSA) is 48.4 Å². The van der Waals surface area contributed by atoms with Crippen LogP contribution >= 0.6 is 0 Å². The molecular weight excluding hydrogens is 493 g/mol. The van der Waals surface area contributed by atoms with E-state index in [1.165, 1.54) is 12.1 Å². The molecule has 2 aromatic carbocycles. The third-order valence-electron chi connectivity index (χ3n) is 6.12. The molecule has 3 aromatic rings. The maximum Gasteiger partial charge on any atom is 0.416 e. The summed E-state index contributed by atoms with van der Waals surface area (Å²) in [5.41, 5.74) is 1.95. The maximum absolute atomic E-state index is 14.1. The minimum atomic E-state index is -4.59. The van der Waals surface area contributed by atoms with Crippen LogP contribution in [0.15, 0.2) is 48.5 Å². The Hall–Kier alpha value is -3.75. The summed E-state index contributed by atoms with van der Waals surface area (Å²) in [4.78, 5) is 16.8. The quantitative estimate of drug-likeness (QED) is 0.240. The van der Waals surface area contributed by atoms with Crippen LogP contribution < -0.4 is 4.74 Å². The minimum absolute atomic E-state index is 0.0622. The first-order chi connectivity index (χ1) is 17.6. The van der Waals surface area contributed by atoms with Crippen LogP contribution in [0.5, 0.6) is 5.75 Å². The van der Waals surface area contributed by atoms with Crippen LogP contribution in [0.2, 0.25) is 0 Å². The van der Waals surface area contributed by atoms with Crippen LogP contribution in [0.3, 0.4) is 0 Å². The summed E-state index contributed by atoms with van der Waals surface area (Å²) in [6, 6.07) is 9.58. The number of halogens is 5. The number of benzene rings is 2. The SMILES string of the molecule is CCOC(=O)c1nc(C2=C(c3cc(C(F)(F)F)ccc3OCc3ccc(F)cc3F)CCC2)ccc1C. The van der Waals surface area contributed by atoms with Crippen molar-refractivity contribution in [3.8, 4) is 5.75 Å². The van der Waals surface area contributed by atoms with E-state index in [9.17, 15) is 26.7 Å². The molecule has 1 heterocycles. The first-order valence-electron chi connectivity index (χ1n) is 11.7. The number of carbonyl (C=O) groups is 1. The van der Waals surface area contributed by atoms with E-state index in [4.69, 9.17) is 9.47 Å². The molecule has 0 unspecified atom stereocenters. The Morgan fingerprint density at radius 1 is 1.00 bits per heavy atom. The van der Waals surface area contributed by atoms with Gasteiger partial charge in [-0.15, -0.1) is 0 Å². The predicted molar refractivity (Wildman–Crippen MR) is 128 cm³/mol. The number of rotatable bonds is 7. The molecule has 0 N–H and O–H groups in total. The highest BCUT2D eigenvalue weighted by Gasteiger charge is 2.32. The second-order valence-electron chi connectivity index (χ2n) is 8.63. The number of hydrogen-bond donors (Lipinski definition) is 0. The van der Waals surface area contributed by atoms with Gasteiger partial charge in [-0.2, -0.15) is 13.2 Å². The van der Waals surface area contributed by atoms with E-state index >= 15 is 0 Å². The van der Waals surface area contributed by atoms with E-state index in [-0.39, 0.29) is 35.8 Å². The number of aromatic nitrogens is 1. The number of nitrogens with zero attached hydrogens (tertiary/aromatic N) is 1. The molecule has 0 saturated carbocycles. The van der Waals surface area contributed by atoms with E-state index in [1.54, 1.807) is 26.0 Å². The van der Waals surface area contributed by atoms with Gasteiger partial charge in [-0.05, 0) is 86.2 Å². The smallest absolute Gasteiger partial charge is 0.416 e. The van der Waals surface area contributed by atoms with Crippen molar-refractivity contribution in [3.05, 3.63) is 93.8 Å². The van der Waals surface area contributed by atoms with Crippen LogP contribution in [0.4, 0.5) is 22.0 Å². The Balaban J connectivity index is 1.78. The lowest BCUT2D eigenvalue weighted by Gasteiger charge is -2.17. The molecule has 4 rings (SSSR count). The molecule has 0 atom stereocenters. The van der Waals surface area contributed by atoms with E-state index in [0.717, 1.165) is 18.2 Å². The number of carbonyl (C=O) groups excluding carboxylic acids is 1. The Kier molecular flexibility index (Phi) is 7.61. The molecule has 0 radical (unpaired) electrons. The van der Waals surface area contributed by atoms with E-state index in [2.05, 4.69) is 4.98 Å². The third-order valence-corrected chi connectivity index (χ3v) is 6.12. The summed E-state index contributed by atoms with van der Waals surface area (Å²) in [5, 5.41) is 0. The number of allylic oxidation sites excluding steroid dienone is 2. The molecule has 0 fully saturated rings. The summed E-state index contributed by atoms with van der Waals surface area (Å²) in [5.74, 6) is -2.01. The molecule has 1 aromatic heterocycles. The van der Waals surface area contributed by atoms with Crippen molar-refractivity contribution in [2.75, 3.05) is 6.61 Å². The number of ether oxygens (including phenoxy) is 2. The molecule has 37 heavy (non-hydrogen) atoms. The number of esters is 1. The van der Waals surface area contributed by atoms with Gasteiger partial charge in [0.2, 0.25) is 0 Å². The van der Waals surface area contributed by atoms with Gasteiger partial charge >= 0.3 is 12.1 Å². The van der Waals surface area contributed by atoms with Crippen LogP contribution in [0, 0.1) is 18.6 Å². The summed E-state index contributed by atoms with van der Waals surface area (Å²) in [6.45, 7) is 3.28. The largest absolute Gasteiger partial charge is 0.488 e. The number of aryl methyl sites for hydroxylation is 1. The molecule has 9 heteroatoms. The molecule has 0 bridgehead atoms. The first-order valence-corrected chi connectivity index (χ1v) is 11.7. The highest BCUT2D eigenvalue weighted by Crippen LogP contribution is 2.44. The zero-order chi connectivity index (χ0) is 26.7. The van der Waals surface area contributed by atoms with Crippen molar-refractivity contribution >= 4 is 17.1 Å². The summed E-state index contributed by atoms with van der Waals surface area (Å²) in [7, 11) is 0. The van der Waals surface area contributed by atoms with Gasteiger partial charge in [0.15, 0.2) is 5.69 Å². The van der Waals surface area contributed by atoms with E-state index in [1.807, 2.05) is 0 Å². The van der Waals surface area contributed by atoms with Crippen molar-refractivity contribution < 1.29 is 36.2 Å². The fourth-order valence-electron chi connectivity index (χ4n) is 4.29. The van der Waals surface area contributed by atoms with E-state index < -0.39 is 29.3 Å². The second kappa shape index (κ2) is 10.7. The highest BCUT2D eigenvalue weighted by molar-refractivity contribution is 5.95. The number of alkyl halides is 3. The molecule has 0 spiro atoms. The Morgan fingerprint density at radius 3 is 2.46 bits per heavy atom. The van der Waals surface area contributed by atoms with Crippen LogP contribution in [-0.2, 0) is 17.5 Å². The summed E-state index contributed by atoms with van der Waals surface area (Å²) in [6.07, 6.45) is -2.93. The lowest BCUT2D eigenvalue weighted by Crippen LogP contribution is -2.10. The van der Waals surface area contributed by atoms with Gasteiger partial charge in [0.25, 0.3) is 0 Å². The van der Waals surface area contributed by atoms with Crippen LogP contribution in [0.1, 0.15) is 64.6 Å². The number of hydrogen-bond acceptors (Lipinski definition) is 4. The highest BCUT2D eigenvalue weighted by atomic mass is 19.4. The van der Waals surface area contributed by atoms with Gasteiger partial charge in [-0.1, -0.05) is 6.07 Å².